The number of aromatic amines is 1. The van der Waals surface area contributed by atoms with E-state index >= 15 is 0 Å². The van der Waals surface area contributed by atoms with Gasteiger partial charge in [-0.15, -0.1) is 0 Å². The molecule has 15 heteroatoms. The predicted molar refractivity (Wildman–Crippen MR) is 145 cm³/mol. The molecule has 3 rings (SSSR count). The van der Waals surface area contributed by atoms with Crippen molar-refractivity contribution < 1.29 is 34.3 Å². The molecule has 2 aliphatic rings. The molecule has 1 aliphatic heterocycles. The Morgan fingerprint density at radius 2 is 1.85 bits per heavy atom. The number of nitrogens with one attached hydrogen (secondary N) is 2. The second kappa shape index (κ2) is 16.0. The molecule has 0 spiro atoms. The fourth-order valence-corrected chi connectivity index (χ4v) is 5.17. The molecule has 1 aromatic rings. The molecular weight excluding hydrogens is 524 g/mol. The average Bonchev–Trinajstić information content (AvgIpc) is 3.42. The minimum Gasteiger partial charge on any atom is -0.389 e. The second-order valence-corrected chi connectivity index (χ2v) is 10.8. The van der Waals surface area contributed by atoms with Gasteiger partial charge in [-0.2, -0.15) is 0 Å². The van der Waals surface area contributed by atoms with Gasteiger partial charge in [0.2, 0.25) is 5.91 Å². The number of ether oxygens (including phenoxy) is 3. The summed E-state index contributed by atoms with van der Waals surface area (Å²) in [4.78, 5) is 19.0. The van der Waals surface area contributed by atoms with Crippen LogP contribution in [-0.2, 0) is 25.4 Å². The van der Waals surface area contributed by atoms with Crippen molar-refractivity contribution in [1.29, 1.82) is 0 Å². The maximum atomic E-state index is 12.1. The Hall–Kier alpha value is -1.76. The first-order valence-corrected chi connectivity index (χ1v) is 14.0. The fourth-order valence-electron chi connectivity index (χ4n) is 5.17. The van der Waals surface area contributed by atoms with E-state index in [9.17, 15) is 20.1 Å². The number of unbranched alkanes of at least 4 members (excludes halogenated alkanes) is 3. The summed E-state index contributed by atoms with van der Waals surface area (Å²) in [5.74, 6) is -0.0761. The molecule has 2 heterocycles. The van der Waals surface area contributed by atoms with Crippen molar-refractivity contribution in [2.24, 2.45) is 28.7 Å². The molecule has 1 amide bonds. The van der Waals surface area contributed by atoms with E-state index in [2.05, 4.69) is 15.3 Å². The topological polar surface area (TPSA) is 276 Å². The number of aliphatic hydroxyl groups excluding tert-OH is 3. The molecule has 230 valence electrons. The summed E-state index contributed by atoms with van der Waals surface area (Å²) in [5, 5.41) is 34.2. The number of imidazole rings is 1. The van der Waals surface area contributed by atoms with E-state index in [1.165, 1.54) is 0 Å². The van der Waals surface area contributed by atoms with Crippen LogP contribution < -0.4 is 34.0 Å². The lowest BCUT2D eigenvalue weighted by molar-refractivity contribution is -0.293. The van der Waals surface area contributed by atoms with Crippen molar-refractivity contribution >= 4 is 5.91 Å². The number of carbonyl (C=O) groups excluding carboxylic acids is 1. The maximum absolute atomic E-state index is 12.1. The number of hydrogen-bond donors (Lipinski definition) is 10. The number of aromatic nitrogens is 2. The third-order valence-corrected chi connectivity index (χ3v) is 7.52. The van der Waals surface area contributed by atoms with Gasteiger partial charge in [0.1, 0.15) is 30.5 Å². The third kappa shape index (κ3) is 9.12. The van der Waals surface area contributed by atoms with Crippen LogP contribution in [-0.4, -0.2) is 118 Å². The first-order chi connectivity index (χ1) is 19.1. The summed E-state index contributed by atoms with van der Waals surface area (Å²) in [6.45, 7) is 0.983. The van der Waals surface area contributed by atoms with Crippen LogP contribution in [0, 0.1) is 0 Å². The van der Waals surface area contributed by atoms with E-state index in [0.29, 0.717) is 19.6 Å². The smallest absolute Gasteiger partial charge is 0.221 e. The van der Waals surface area contributed by atoms with Crippen molar-refractivity contribution in [3.8, 4) is 0 Å². The quantitative estimate of drug-likeness (QED) is 0.0906. The number of amides is 1. The third-order valence-electron chi connectivity index (χ3n) is 7.52. The van der Waals surface area contributed by atoms with Crippen LogP contribution in [0.25, 0.3) is 0 Å². The number of carbonyl (C=O) groups is 1. The zero-order valence-corrected chi connectivity index (χ0v) is 22.9. The van der Waals surface area contributed by atoms with E-state index in [1.807, 2.05) is 0 Å². The number of rotatable bonds is 15. The Morgan fingerprint density at radius 1 is 1.10 bits per heavy atom. The van der Waals surface area contributed by atoms with Crippen molar-refractivity contribution in [3.63, 3.8) is 0 Å². The first-order valence-electron chi connectivity index (χ1n) is 14.0. The van der Waals surface area contributed by atoms with E-state index in [0.717, 1.165) is 31.4 Å². The molecule has 0 bridgehead atoms. The van der Waals surface area contributed by atoms with Crippen molar-refractivity contribution in [1.82, 2.24) is 15.3 Å². The van der Waals surface area contributed by atoms with Gasteiger partial charge in [-0.25, -0.2) is 4.98 Å². The molecule has 1 saturated carbocycles. The highest BCUT2D eigenvalue weighted by molar-refractivity contribution is 5.76. The van der Waals surface area contributed by atoms with Crippen LogP contribution in [0.3, 0.4) is 0 Å². The zero-order valence-electron chi connectivity index (χ0n) is 22.9. The van der Waals surface area contributed by atoms with Gasteiger partial charge in [0.15, 0.2) is 6.29 Å². The highest BCUT2D eigenvalue weighted by atomic mass is 16.7. The monoisotopic (exact) mass is 572 g/mol. The van der Waals surface area contributed by atoms with Crippen LogP contribution >= 0.6 is 0 Å². The van der Waals surface area contributed by atoms with Crippen LogP contribution in [0.15, 0.2) is 12.5 Å². The van der Waals surface area contributed by atoms with E-state index in [1.54, 1.807) is 12.5 Å². The van der Waals surface area contributed by atoms with Gasteiger partial charge in [-0.05, 0) is 19.3 Å². The van der Waals surface area contributed by atoms with Crippen molar-refractivity contribution in [2.75, 3.05) is 19.7 Å². The summed E-state index contributed by atoms with van der Waals surface area (Å²) >= 11 is 0. The second-order valence-electron chi connectivity index (χ2n) is 10.8. The lowest BCUT2D eigenvalue weighted by Gasteiger charge is -2.46. The summed E-state index contributed by atoms with van der Waals surface area (Å²) in [6.07, 6.45) is 0.459. The van der Waals surface area contributed by atoms with Crippen LogP contribution in [0.2, 0.25) is 0 Å². The molecule has 15 nitrogen and oxygen atoms in total. The Labute approximate surface area is 234 Å². The van der Waals surface area contributed by atoms with Gasteiger partial charge in [0, 0.05) is 62.6 Å². The van der Waals surface area contributed by atoms with Gasteiger partial charge in [0.25, 0.3) is 0 Å². The normalized spacial score (nSPS) is 35.4. The number of hydrogen-bond acceptors (Lipinski definition) is 13. The number of nitrogens with two attached hydrogens (primary N) is 5. The molecule has 40 heavy (non-hydrogen) atoms. The molecule has 1 aliphatic carbocycles. The molecule has 2 fully saturated rings. The Morgan fingerprint density at radius 3 is 2.55 bits per heavy atom. The standard InChI is InChI=1S/C25H48N8O7/c26-10-17-24(21(36)19(30)25(39-17)40-23-16(29)9-15(28)20(35)22(23)37)38-6-4-2-1-3-5-32-18(34)8-13(27)7-14-11-31-12-33-14/h11-13,15-17,19-25,35-37H,1-10,26-30H2,(H,31,33)(H,32,34). The Kier molecular flexibility index (Phi) is 13.1. The van der Waals surface area contributed by atoms with Crippen molar-refractivity contribution in [2.45, 2.75) is 112 Å². The number of nitrogens with zero attached hydrogens (tertiary/aromatic N) is 1. The Balaban J connectivity index is 1.31. The van der Waals surface area contributed by atoms with Crippen LogP contribution in [0.4, 0.5) is 0 Å². The lowest BCUT2D eigenvalue weighted by atomic mass is 9.84. The highest BCUT2D eigenvalue weighted by Gasteiger charge is 2.48. The number of H-pyrrole nitrogens is 1. The molecule has 11 unspecified atom stereocenters. The Bertz CT molecular complexity index is 866. The number of aliphatic hydroxyl groups is 3. The molecule has 11 atom stereocenters. The van der Waals surface area contributed by atoms with Gasteiger partial charge in [0.05, 0.1) is 18.5 Å². The summed E-state index contributed by atoms with van der Waals surface area (Å²) < 4.78 is 17.6. The average molecular weight is 573 g/mol. The highest BCUT2D eigenvalue weighted by Crippen LogP contribution is 2.28. The van der Waals surface area contributed by atoms with Crippen LogP contribution in [0.1, 0.15) is 44.2 Å². The maximum Gasteiger partial charge on any atom is 0.221 e. The molecule has 1 aromatic heterocycles. The van der Waals surface area contributed by atoms with Gasteiger partial charge in [-0.3, -0.25) is 4.79 Å². The zero-order chi connectivity index (χ0) is 29.2. The van der Waals surface area contributed by atoms with Crippen LogP contribution in [0.5, 0.6) is 0 Å². The largest absolute Gasteiger partial charge is 0.389 e. The molecule has 0 radical (unpaired) electrons. The van der Waals surface area contributed by atoms with Gasteiger partial charge >= 0.3 is 0 Å². The lowest BCUT2D eigenvalue weighted by Crippen LogP contribution is -2.67. The van der Waals surface area contributed by atoms with Gasteiger partial charge < -0.3 is 68.5 Å². The van der Waals surface area contributed by atoms with E-state index in [-0.39, 0.29) is 31.3 Å². The van der Waals surface area contributed by atoms with Crippen molar-refractivity contribution in [3.05, 3.63) is 18.2 Å². The van der Waals surface area contributed by atoms with E-state index < -0.39 is 61.0 Å². The summed E-state index contributed by atoms with van der Waals surface area (Å²) in [6, 6.07) is -2.58. The van der Waals surface area contributed by atoms with Gasteiger partial charge in [-0.1, -0.05) is 12.8 Å². The summed E-state index contributed by atoms with van der Waals surface area (Å²) in [5.41, 5.74) is 30.9. The molecular formula is C25H48N8O7. The minimum atomic E-state index is -1.32. The first kappa shape index (κ1) is 32.8. The minimum absolute atomic E-state index is 0.0479. The molecule has 1 saturated heterocycles. The fraction of sp³-hybridized carbons (Fsp3) is 0.840. The molecule has 0 aromatic carbocycles. The molecule has 15 N–H and O–H groups in total. The predicted octanol–water partition coefficient (Wildman–Crippen LogP) is -3.73. The summed E-state index contributed by atoms with van der Waals surface area (Å²) in [7, 11) is 0. The van der Waals surface area contributed by atoms with E-state index in [4.69, 9.17) is 42.9 Å². The SMILES string of the molecule is NCC1OC(OC2C(N)CC(N)C(O)C2O)C(N)C(O)C1OCCCCCCNC(=O)CC(N)Cc1cnc[nH]1.